The standard InChI is InChI=1S/C11H12N2O/c12-9(7-14)5-8-6-13-11-4-2-1-3-10(8)11/h1-4,6-7,9,13H,5,12H2/t9-/m1/s1. The van der Waals surface area contributed by atoms with E-state index in [4.69, 9.17) is 5.73 Å². The van der Waals surface area contributed by atoms with Crippen LogP contribution in [0.15, 0.2) is 30.5 Å². The van der Waals surface area contributed by atoms with Crippen molar-refractivity contribution in [2.75, 3.05) is 0 Å². The van der Waals surface area contributed by atoms with Crippen LogP contribution in [0.5, 0.6) is 0 Å². The molecule has 2 aromatic rings. The predicted octanol–water partition coefficient (Wildman–Crippen LogP) is 1.24. The number of nitrogens with two attached hydrogens (primary N) is 1. The molecule has 0 radical (unpaired) electrons. The number of hydrogen-bond acceptors (Lipinski definition) is 2. The SMILES string of the molecule is N[C@@H](C=O)Cc1c[nH]c2ccccc12. The number of benzene rings is 1. The van der Waals surface area contributed by atoms with Gasteiger partial charge in [0.15, 0.2) is 0 Å². The summed E-state index contributed by atoms with van der Waals surface area (Å²) < 4.78 is 0. The van der Waals surface area contributed by atoms with Crippen LogP contribution in [0.2, 0.25) is 0 Å². The lowest BCUT2D eigenvalue weighted by atomic mass is 10.1. The molecule has 0 bridgehead atoms. The van der Waals surface area contributed by atoms with Crippen molar-refractivity contribution >= 4 is 17.2 Å². The number of aromatic amines is 1. The minimum Gasteiger partial charge on any atom is -0.361 e. The highest BCUT2D eigenvalue weighted by atomic mass is 16.1. The van der Waals surface area contributed by atoms with Crippen molar-refractivity contribution in [3.63, 3.8) is 0 Å². The van der Waals surface area contributed by atoms with Crippen LogP contribution in [0.4, 0.5) is 0 Å². The minimum atomic E-state index is -0.408. The van der Waals surface area contributed by atoms with Crippen molar-refractivity contribution in [2.24, 2.45) is 5.73 Å². The topological polar surface area (TPSA) is 58.9 Å². The molecular formula is C11H12N2O. The highest BCUT2D eigenvalue weighted by Gasteiger charge is 2.06. The third-order valence-corrected chi connectivity index (χ3v) is 2.31. The van der Waals surface area contributed by atoms with Gasteiger partial charge in [-0.1, -0.05) is 18.2 Å². The quantitative estimate of drug-likeness (QED) is 0.712. The first-order valence-corrected chi connectivity index (χ1v) is 4.57. The van der Waals surface area contributed by atoms with Crippen LogP contribution in [0.25, 0.3) is 10.9 Å². The van der Waals surface area contributed by atoms with E-state index in [1.54, 1.807) is 0 Å². The van der Waals surface area contributed by atoms with Gasteiger partial charge in [-0.15, -0.1) is 0 Å². The molecule has 3 heteroatoms. The fourth-order valence-corrected chi connectivity index (χ4v) is 1.60. The van der Waals surface area contributed by atoms with E-state index >= 15 is 0 Å². The number of carbonyl (C=O) groups excluding carboxylic acids is 1. The molecular weight excluding hydrogens is 176 g/mol. The van der Waals surface area contributed by atoms with Crippen LogP contribution in [0.3, 0.4) is 0 Å². The Morgan fingerprint density at radius 1 is 1.43 bits per heavy atom. The van der Waals surface area contributed by atoms with E-state index in [1.807, 2.05) is 30.5 Å². The van der Waals surface area contributed by atoms with Crippen molar-refractivity contribution < 1.29 is 4.79 Å². The van der Waals surface area contributed by atoms with Crippen LogP contribution in [-0.4, -0.2) is 17.3 Å². The number of H-pyrrole nitrogens is 1. The second-order valence-corrected chi connectivity index (χ2v) is 3.36. The number of fused-ring (bicyclic) bond motifs is 1. The van der Waals surface area contributed by atoms with Gasteiger partial charge < -0.3 is 15.5 Å². The van der Waals surface area contributed by atoms with Crippen molar-refractivity contribution in [1.29, 1.82) is 0 Å². The number of aromatic nitrogens is 1. The zero-order valence-corrected chi connectivity index (χ0v) is 7.73. The number of hydrogen-bond donors (Lipinski definition) is 2. The van der Waals surface area contributed by atoms with Crippen LogP contribution >= 0.6 is 0 Å². The van der Waals surface area contributed by atoms with Gasteiger partial charge in [-0.25, -0.2) is 0 Å². The normalized spacial score (nSPS) is 12.9. The molecule has 1 aromatic carbocycles. The average Bonchev–Trinajstić information content (AvgIpc) is 2.62. The molecule has 0 fully saturated rings. The second-order valence-electron chi connectivity index (χ2n) is 3.36. The molecule has 1 aromatic heterocycles. The van der Waals surface area contributed by atoms with E-state index in [2.05, 4.69) is 4.98 Å². The molecule has 0 saturated heterocycles. The van der Waals surface area contributed by atoms with Crippen molar-refractivity contribution in [3.05, 3.63) is 36.0 Å². The zero-order valence-electron chi connectivity index (χ0n) is 7.73. The highest BCUT2D eigenvalue weighted by molar-refractivity contribution is 5.83. The summed E-state index contributed by atoms with van der Waals surface area (Å²) in [6, 6.07) is 7.58. The molecule has 0 unspecified atom stereocenters. The summed E-state index contributed by atoms with van der Waals surface area (Å²) in [7, 11) is 0. The first-order valence-electron chi connectivity index (χ1n) is 4.57. The molecule has 1 atom stereocenters. The van der Waals surface area contributed by atoms with Crippen molar-refractivity contribution in [2.45, 2.75) is 12.5 Å². The Balaban J connectivity index is 2.38. The van der Waals surface area contributed by atoms with Crippen LogP contribution in [0, 0.1) is 0 Å². The molecule has 72 valence electrons. The number of carbonyl (C=O) groups is 1. The Labute approximate surface area is 81.9 Å². The van der Waals surface area contributed by atoms with Gasteiger partial charge in [-0.2, -0.15) is 0 Å². The van der Waals surface area contributed by atoms with E-state index in [0.717, 1.165) is 22.8 Å². The first-order chi connectivity index (χ1) is 6.81. The molecule has 0 aliphatic rings. The maximum atomic E-state index is 10.4. The fraction of sp³-hybridized carbons (Fsp3) is 0.182. The molecule has 1 heterocycles. The van der Waals surface area contributed by atoms with E-state index in [9.17, 15) is 4.79 Å². The van der Waals surface area contributed by atoms with Gasteiger partial charge in [0, 0.05) is 17.1 Å². The second kappa shape index (κ2) is 3.64. The maximum absolute atomic E-state index is 10.4. The smallest absolute Gasteiger partial charge is 0.137 e. The predicted molar refractivity (Wildman–Crippen MR) is 56.0 cm³/mol. The lowest BCUT2D eigenvalue weighted by Crippen LogP contribution is -2.23. The molecule has 0 saturated carbocycles. The van der Waals surface area contributed by atoms with E-state index in [1.165, 1.54) is 0 Å². The van der Waals surface area contributed by atoms with E-state index in [0.29, 0.717) is 6.42 Å². The number of rotatable bonds is 3. The Bertz CT molecular complexity index is 447. The number of para-hydroxylation sites is 1. The van der Waals surface area contributed by atoms with Crippen molar-refractivity contribution in [3.8, 4) is 0 Å². The van der Waals surface area contributed by atoms with Crippen LogP contribution in [-0.2, 0) is 11.2 Å². The summed E-state index contributed by atoms with van der Waals surface area (Å²) >= 11 is 0. The van der Waals surface area contributed by atoms with Gasteiger partial charge in [-0.05, 0) is 18.1 Å². The van der Waals surface area contributed by atoms with Gasteiger partial charge in [-0.3, -0.25) is 0 Å². The average molecular weight is 188 g/mol. The summed E-state index contributed by atoms with van der Waals surface area (Å²) in [5.41, 5.74) is 7.75. The van der Waals surface area contributed by atoms with E-state index < -0.39 is 6.04 Å². The summed E-state index contributed by atoms with van der Waals surface area (Å²) in [6.07, 6.45) is 3.28. The Kier molecular flexibility index (Phi) is 2.33. The van der Waals surface area contributed by atoms with Gasteiger partial charge in [0.2, 0.25) is 0 Å². The highest BCUT2D eigenvalue weighted by Crippen LogP contribution is 2.18. The van der Waals surface area contributed by atoms with Crippen LogP contribution < -0.4 is 5.73 Å². The minimum absolute atomic E-state index is 0.408. The van der Waals surface area contributed by atoms with Gasteiger partial charge in [0.05, 0.1) is 6.04 Å². The first kappa shape index (κ1) is 8.97. The Morgan fingerprint density at radius 3 is 3.00 bits per heavy atom. The largest absolute Gasteiger partial charge is 0.361 e. The monoisotopic (exact) mass is 188 g/mol. The van der Waals surface area contributed by atoms with E-state index in [-0.39, 0.29) is 0 Å². The van der Waals surface area contributed by atoms with Crippen LogP contribution in [0.1, 0.15) is 5.56 Å². The van der Waals surface area contributed by atoms with Crippen molar-refractivity contribution in [1.82, 2.24) is 4.98 Å². The third kappa shape index (κ3) is 1.54. The Morgan fingerprint density at radius 2 is 2.21 bits per heavy atom. The lowest BCUT2D eigenvalue weighted by Gasteiger charge is -2.01. The maximum Gasteiger partial charge on any atom is 0.137 e. The molecule has 0 aliphatic heterocycles. The van der Waals surface area contributed by atoms with Gasteiger partial charge in [0.25, 0.3) is 0 Å². The summed E-state index contributed by atoms with van der Waals surface area (Å²) in [4.78, 5) is 13.6. The zero-order chi connectivity index (χ0) is 9.97. The summed E-state index contributed by atoms with van der Waals surface area (Å²) in [6.45, 7) is 0. The van der Waals surface area contributed by atoms with Gasteiger partial charge in [0.1, 0.15) is 6.29 Å². The Hall–Kier alpha value is -1.61. The van der Waals surface area contributed by atoms with Gasteiger partial charge >= 0.3 is 0 Å². The molecule has 2 rings (SSSR count). The lowest BCUT2D eigenvalue weighted by molar-refractivity contribution is -0.108. The summed E-state index contributed by atoms with van der Waals surface area (Å²) in [5, 5.41) is 1.14. The molecule has 0 amide bonds. The molecule has 3 nitrogen and oxygen atoms in total. The molecule has 3 N–H and O–H groups in total. The number of nitrogens with one attached hydrogen (secondary N) is 1. The third-order valence-electron chi connectivity index (χ3n) is 2.31. The molecule has 14 heavy (non-hydrogen) atoms. The molecule has 0 spiro atoms. The molecule has 0 aliphatic carbocycles. The fourth-order valence-electron chi connectivity index (χ4n) is 1.60. The number of aldehydes is 1. The summed E-state index contributed by atoms with van der Waals surface area (Å²) in [5.74, 6) is 0.